The Hall–Kier alpha value is -1.36. The first-order chi connectivity index (χ1) is 10.4. The van der Waals surface area contributed by atoms with Crippen molar-refractivity contribution in [3.05, 3.63) is 18.2 Å². The molecule has 1 aromatic rings. The topological polar surface area (TPSA) is 47.6 Å². The van der Waals surface area contributed by atoms with E-state index in [0.717, 1.165) is 29.2 Å². The van der Waals surface area contributed by atoms with Gasteiger partial charge < -0.3 is 14.8 Å². The Morgan fingerprint density at radius 3 is 2.68 bits per heavy atom. The van der Waals surface area contributed by atoms with Gasteiger partial charge in [0.1, 0.15) is 0 Å². The van der Waals surface area contributed by atoms with Crippen LogP contribution in [-0.4, -0.2) is 29.9 Å². The molecule has 0 radical (unpaired) electrons. The van der Waals surface area contributed by atoms with E-state index in [1.807, 2.05) is 39.0 Å². The first kappa shape index (κ1) is 17.0. The Balaban J connectivity index is 2.01. The maximum atomic E-state index is 12.3. The number of nitrogens with one attached hydrogen (secondary N) is 1. The van der Waals surface area contributed by atoms with Crippen LogP contribution >= 0.6 is 11.8 Å². The average molecular weight is 323 g/mol. The highest BCUT2D eigenvalue weighted by atomic mass is 32.2. The zero-order valence-corrected chi connectivity index (χ0v) is 14.6. The highest BCUT2D eigenvalue weighted by molar-refractivity contribution is 8.00. The molecule has 1 unspecified atom stereocenters. The molecule has 1 atom stereocenters. The molecule has 122 valence electrons. The quantitative estimate of drug-likeness (QED) is 0.841. The number of carbonyl (C=O) groups excluding carboxylic acids is 1. The number of amides is 1. The summed E-state index contributed by atoms with van der Waals surface area (Å²) in [6, 6.07) is 5.86. The lowest BCUT2D eigenvalue weighted by molar-refractivity contribution is -0.121. The molecule has 1 heterocycles. The van der Waals surface area contributed by atoms with Gasteiger partial charge in [-0.2, -0.15) is 0 Å². The number of thioether (sulfide) groups is 1. The number of carbonyl (C=O) groups is 1. The fourth-order valence-electron chi connectivity index (χ4n) is 2.00. The maximum Gasteiger partial charge on any atom is 0.233 e. The van der Waals surface area contributed by atoms with Crippen molar-refractivity contribution < 1.29 is 14.3 Å². The second-order valence-electron chi connectivity index (χ2n) is 6.15. The van der Waals surface area contributed by atoms with Crippen LogP contribution in [0.5, 0.6) is 11.5 Å². The van der Waals surface area contributed by atoms with Crippen molar-refractivity contribution in [1.82, 2.24) is 5.32 Å². The molecule has 1 aromatic carbocycles. The molecule has 22 heavy (non-hydrogen) atoms. The minimum absolute atomic E-state index is 0.0592. The number of hydrogen-bond donors (Lipinski definition) is 1. The fourth-order valence-corrected chi connectivity index (χ4v) is 2.89. The minimum atomic E-state index is -0.170. The molecular formula is C17H25NO3S. The summed E-state index contributed by atoms with van der Waals surface area (Å²) >= 11 is 1.53. The van der Waals surface area contributed by atoms with Gasteiger partial charge in [-0.15, -0.1) is 11.8 Å². The molecule has 0 bridgehead atoms. The number of hydrogen-bond acceptors (Lipinski definition) is 4. The minimum Gasteiger partial charge on any atom is -0.490 e. The Kier molecular flexibility index (Phi) is 5.62. The maximum absolute atomic E-state index is 12.3. The van der Waals surface area contributed by atoms with Crippen LogP contribution in [-0.2, 0) is 4.79 Å². The normalized spacial score (nSPS) is 15.8. The molecule has 0 spiro atoms. The second-order valence-corrected chi connectivity index (χ2v) is 7.56. The van der Waals surface area contributed by atoms with E-state index in [9.17, 15) is 4.79 Å². The highest BCUT2D eigenvalue weighted by Crippen LogP contribution is 2.35. The summed E-state index contributed by atoms with van der Waals surface area (Å²) in [6.07, 6.45) is 1.79. The Bertz CT molecular complexity index is 531. The van der Waals surface area contributed by atoms with Crippen LogP contribution in [0, 0.1) is 0 Å². The zero-order chi connectivity index (χ0) is 16.2. The van der Waals surface area contributed by atoms with E-state index < -0.39 is 0 Å². The van der Waals surface area contributed by atoms with Crippen molar-refractivity contribution in [2.75, 3.05) is 13.2 Å². The third kappa shape index (κ3) is 4.57. The molecule has 1 aliphatic heterocycles. The van der Waals surface area contributed by atoms with Crippen molar-refractivity contribution >= 4 is 17.7 Å². The standard InChI is InChI=1S/C17H25NO3S/c1-5-17(3,4)18-16(19)12(2)22-13-7-8-14-15(11-13)21-10-6-9-20-14/h7-8,11-12H,5-6,9-10H2,1-4H3,(H,18,19). The van der Waals surface area contributed by atoms with Crippen molar-refractivity contribution in [1.29, 1.82) is 0 Å². The molecule has 0 saturated heterocycles. The van der Waals surface area contributed by atoms with E-state index in [4.69, 9.17) is 9.47 Å². The summed E-state index contributed by atoms with van der Waals surface area (Å²) in [5.41, 5.74) is -0.170. The number of ether oxygens (including phenoxy) is 2. The van der Waals surface area contributed by atoms with E-state index >= 15 is 0 Å². The average Bonchev–Trinajstić information content (AvgIpc) is 2.71. The van der Waals surface area contributed by atoms with Crippen LogP contribution in [0.1, 0.15) is 40.5 Å². The molecule has 1 amide bonds. The van der Waals surface area contributed by atoms with Crippen LogP contribution in [0.15, 0.2) is 23.1 Å². The molecule has 0 fully saturated rings. The number of benzene rings is 1. The van der Waals surface area contributed by atoms with Gasteiger partial charge in [-0.3, -0.25) is 4.79 Å². The van der Waals surface area contributed by atoms with Crippen LogP contribution in [0.4, 0.5) is 0 Å². The summed E-state index contributed by atoms with van der Waals surface area (Å²) in [4.78, 5) is 13.3. The smallest absolute Gasteiger partial charge is 0.233 e. The molecule has 2 rings (SSSR count). The lowest BCUT2D eigenvalue weighted by Gasteiger charge is -2.26. The summed E-state index contributed by atoms with van der Waals surface area (Å²) in [5.74, 6) is 1.61. The van der Waals surface area contributed by atoms with Crippen molar-refractivity contribution in [3.63, 3.8) is 0 Å². The van der Waals surface area contributed by atoms with Crippen molar-refractivity contribution in [3.8, 4) is 11.5 Å². The summed E-state index contributed by atoms with van der Waals surface area (Å²) < 4.78 is 11.3. The Labute approximate surface area is 137 Å². The van der Waals surface area contributed by atoms with Gasteiger partial charge in [-0.05, 0) is 45.4 Å². The molecule has 0 aliphatic carbocycles. The number of rotatable bonds is 5. The summed E-state index contributed by atoms with van der Waals surface area (Å²) in [6.45, 7) is 9.43. The first-order valence-corrected chi connectivity index (χ1v) is 8.67. The van der Waals surface area contributed by atoms with Crippen molar-refractivity contribution in [2.24, 2.45) is 0 Å². The lowest BCUT2D eigenvalue weighted by atomic mass is 10.0. The van der Waals surface area contributed by atoms with Gasteiger partial charge in [0.2, 0.25) is 5.91 Å². The third-order valence-corrected chi connectivity index (χ3v) is 4.84. The van der Waals surface area contributed by atoms with E-state index in [1.165, 1.54) is 11.8 Å². The molecule has 4 nitrogen and oxygen atoms in total. The van der Waals surface area contributed by atoms with Gasteiger partial charge in [0, 0.05) is 16.9 Å². The van der Waals surface area contributed by atoms with Crippen molar-refractivity contribution in [2.45, 2.75) is 56.2 Å². The Morgan fingerprint density at radius 2 is 2.00 bits per heavy atom. The third-order valence-electron chi connectivity index (χ3n) is 3.75. The molecule has 0 saturated carbocycles. The van der Waals surface area contributed by atoms with E-state index in [1.54, 1.807) is 0 Å². The second kappa shape index (κ2) is 7.27. The summed E-state index contributed by atoms with van der Waals surface area (Å²) in [5, 5.41) is 2.93. The molecule has 0 aromatic heterocycles. The van der Waals surface area contributed by atoms with Gasteiger partial charge in [0.25, 0.3) is 0 Å². The van der Waals surface area contributed by atoms with Crippen LogP contribution in [0.2, 0.25) is 0 Å². The Morgan fingerprint density at radius 1 is 1.32 bits per heavy atom. The predicted octanol–water partition coefficient (Wildman–Crippen LogP) is 3.63. The van der Waals surface area contributed by atoms with Gasteiger partial charge in [-0.1, -0.05) is 6.92 Å². The monoisotopic (exact) mass is 323 g/mol. The van der Waals surface area contributed by atoms with Gasteiger partial charge in [0.15, 0.2) is 11.5 Å². The molecule has 1 N–H and O–H groups in total. The zero-order valence-electron chi connectivity index (χ0n) is 13.8. The lowest BCUT2D eigenvalue weighted by Crippen LogP contribution is -2.46. The van der Waals surface area contributed by atoms with E-state index in [-0.39, 0.29) is 16.7 Å². The van der Waals surface area contributed by atoms with E-state index in [0.29, 0.717) is 13.2 Å². The fraction of sp³-hybridized carbons (Fsp3) is 0.588. The predicted molar refractivity (Wildman–Crippen MR) is 89.9 cm³/mol. The van der Waals surface area contributed by atoms with Gasteiger partial charge >= 0.3 is 0 Å². The molecule has 1 aliphatic rings. The van der Waals surface area contributed by atoms with Gasteiger partial charge in [-0.25, -0.2) is 0 Å². The van der Waals surface area contributed by atoms with Crippen LogP contribution in [0.3, 0.4) is 0 Å². The van der Waals surface area contributed by atoms with Crippen LogP contribution < -0.4 is 14.8 Å². The van der Waals surface area contributed by atoms with E-state index in [2.05, 4.69) is 12.2 Å². The molecule has 5 heteroatoms. The SMILES string of the molecule is CCC(C)(C)NC(=O)C(C)Sc1ccc2c(c1)OCCCO2. The highest BCUT2D eigenvalue weighted by Gasteiger charge is 2.23. The largest absolute Gasteiger partial charge is 0.490 e. The first-order valence-electron chi connectivity index (χ1n) is 7.79. The number of fused-ring (bicyclic) bond motifs is 1. The van der Waals surface area contributed by atoms with Crippen LogP contribution in [0.25, 0.3) is 0 Å². The summed E-state index contributed by atoms with van der Waals surface area (Å²) in [7, 11) is 0. The molecular weight excluding hydrogens is 298 g/mol. The van der Waals surface area contributed by atoms with Gasteiger partial charge in [0.05, 0.1) is 18.5 Å².